The highest BCUT2D eigenvalue weighted by molar-refractivity contribution is 5.36. The molecule has 0 fully saturated rings. The number of fused-ring (bicyclic) bond motifs is 1. The van der Waals surface area contributed by atoms with Crippen LogP contribution in [0.3, 0.4) is 0 Å². The average molecular weight is 284 g/mol. The van der Waals surface area contributed by atoms with Crippen molar-refractivity contribution in [3.05, 3.63) is 47.5 Å². The zero-order chi connectivity index (χ0) is 14.7. The molecule has 1 aliphatic carbocycles. The molecule has 4 nitrogen and oxygen atoms in total. The highest BCUT2D eigenvalue weighted by Crippen LogP contribution is 2.37. The van der Waals surface area contributed by atoms with Crippen LogP contribution in [0.1, 0.15) is 43.3 Å². The van der Waals surface area contributed by atoms with Gasteiger partial charge in [0.05, 0.1) is 0 Å². The molecule has 4 heteroatoms. The number of rotatable bonds is 6. The minimum absolute atomic E-state index is 0.443. The third-order valence-corrected chi connectivity index (χ3v) is 4.34. The summed E-state index contributed by atoms with van der Waals surface area (Å²) in [5.41, 5.74) is 2.95. The van der Waals surface area contributed by atoms with Crippen LogP contribution in [0.15, 0.2) is 30.6 Å². The molecule has 21 heavy (non-hydrogen) atoms. The van der Waals surface area contributed by atoms with Crippen LogP contribution in [-0.4, -0.2) is 21.3 Å². The van der Waals surface area contributed by atoms with Crippen LogP contribution in [0.2, 0.25) is 0 Å². The second-order valence-electron chi connectivity index (χ2n) is 5.80. The van der Waals surface area contributed by atoms with Gasteiger partial charge in [-0.15, -0.1) is 0 Å². The summed E-state index contributed by atoms with van der Waals surface area (Å²) < 4.78 is 2.06. The normalized spacial score (nSPS) is 20.7. The summed E-state index contributed by atoms with van der Waals surface area (Å²) in [5.74, 6) is 1.69. The van der Waals surface area contributed by atoms with Crippen molar-refractivity contribution in [1.29, 1.82) is 0 Å². The summed E-state index contributed by atoms with van der Waals surface area (Å²) in [7, 11) is 0. The molecule has 0 saturated heterocycles. The largest absolute Gasteiger partial charge is 0.310 e. The molecule has 2 unspecified atom stereocenters. The van der Waals surface area contributed by atoms with E-state index in [1.54, 1.807) is 6.33 Å². The van der Waals surface area contributed by atoms with Crippen LogP contribution < -0.4 is 5.32 Å². The Bertz CT molecular complexity index is 590. The lowest BCUT2D eigenvalue weighted by atomic mass is 9.96. The molecule has 0 spiro atoms. The molecule has 112 valence electrons. The van der Waals surface area contributed by atoms with Crippen LogP contribution in [-0.2, 0) is 19.4 Å². The van der Waals surface area contributed by atoms with Crippen LogP contribution >= 0.6 is 0 Å². The zero-order valence-corrected chi connectivity index (χ0v) is 12.9. The van der Waals surface area contributed by atoms with Crippen LogP contribution in [0.5, 0.6) is 0 Å². The number of nitrogens with zero attached hydrogens (tertiary/aromatic N) is 3. The molecule has 1 N–H and O–H groups in total. The number of hydrogen-bond donors (Lipinski definition) is 1. The smallest absolute Gasteiger partial charge is 0.138 e. The van der Waals surface area contributed by atoms with E-state index in [-0.39, 0.29) is 0 Å². The third kappa shape index (κ3) is 2.86. The number of aromatic nitrogens is 3. The van der Waals surface area contributed by atoms with E-state index in [9.17, 15) is 0 Å². The van der Waals surface area contributed by atoms with Crippen molar-refractivity contribution in [2.24, 2.45) is 5.92 Å². The molecule has 0 bridgehead atoms. The van der Waals surface area contributed by atoms with E-state index in [0.29, 0.717) is 12.0 Å². The first-order chi connectivity index (χ1) is 10.3. The molecule has 2 aromatic rings. The van der Waals surface area contributed by atoms with Gasteiger partial charge < -0.3 is 5.32 Å². The molecular formula is C17H24N4. The number of nitrogens with one attached hydrogen (secondary N) is 1. The summed E-state index contributed by atoms with van der Waals surface area (Å²) in [5, 5.41) is 8.01. The van der Waals surface area contributed by atoms with Crippen molar-refractivity contribution in [1.82, 2.24) is 20.1 Å². The van der Waals surface area contributed by atoms with Crippen LogP contribution in [0.4, 0.5) is 0 Å². The molecule has 0 saturated carbocycles. The lowest BCUT2D eigenvalue weighted by Crippen LogP contribution is -2.27. The first-order valence-corrected chi connectivity index (χ1v) is 8.01. The molecule has 1 aromatic heterocycles. The molecule has 2 atom stereocenters. The van der Waals surface area contributed by atoms with Crippen molar-refractivity contribution in [3.63, 3.8) is 0 Å². The third-order valence-electron chi connectivity index (χ3n) is 4.34. The van der Waals surface area contributed by atoms with Gasteiger partial charge in [0.2, 0.25) is 0 Å². The van der Waals surface area contributed by atoms with Gasteiger partial charge in [-0.25, -0.2) is 4.98 Å². The Morgan fingerprint density at radius 3 is 2.95 bits per heavy atom. The molecule has 3 rings (SSSR count). The van der Waals surface area contributed by atoms with E-state index in [2.05, 4.69) is 58.2 Å². The van der Waals surface area contributed by atoms with Gasteiger partial charge in [-0.1, -0.05) is 38.1 Å². The minimum Gasteiger partial charge on any atom is -0.310 e. The van der Waals surface area contributed by atoms with E-state index < -0.39 is 0 Å². The lowest BCUT2D eigenvalue weighted by Gasteiger charge is -2.21. The molecule has 1 aliphatic rings. The average Bonchev–Trinajstić information content (AvgIpc) is 3.06. The summed E-state index contributed by atoms with van der Waals surface area (Å²) in [6.45, 7) is 6.31. The van der Waals surface area contributed by atoms with Crippen LogP contribution in [0, 0.1) is 5.92 Å². The van der Waals surface area contributed by atoms with Gasteiger partial charge in [-0.3, -0.25) is 4.68 Å². The quantitative estimate of drug-likeness (QED) is 0.887. The maximum absolute atomic E-state index is 4.48. The van der Waals surface area contributed by atoms with Crippen molar-refractivity contribution >= 4 is 0 Å². The number of aryl methyl sites for hydroxylation is 1. The van der Waals surface area contributed by atoms with E-state index in [4.69, 9.17) is 0 Å². The molecule has 0 radical (unpaired) electrons. The number of hydrogen-bond acceptors (Lipinski definition) is 3. The van der Waals surface area contributed by atoms with Crippen molar-refractivity contribution in [3.8, 4) is 0 Å². The Labute approximate surface area is 126 Å². The fraction of sp³-hybridized carbons (Fsp3) is 0.529. The van der Waals surface area contributed by atoms with Crippen LogP contribution in [0.25, 0.3) is 0 Å². The maximum Gasteiger partial charge on any atom is 0.138 e. The van der Waals surface area contributed by atoms with E-state index in [1.807, 2.05) is 0 Å². The molecule has 0 amide bonds. The van der Waals surface area contributed by atoms with Gasteiger partial charge in [0.1, 0.15) is 12.2 Å². The Hall–Kier alpha value is -1.68. The van der Waals surface area contributed by atoms with Gasteiger partial charge in [0.15, 0.2) is 0 Å². The number of benzene rings is 1. The van der Waals surface area contributed by atoms with Gasteiger partial charge in [-0.05, 0) is 36.4 Å². The van der Waals surface area contributed by atoms with Gasteiger partial charge >= 0.3 is 0 Å². The summed E-state index contributed by atoms with van der Waals surface area (Å²) in [4.78, 5) is 4.48. The molecule has 0 aliphatic heterocycles. The molecule has 1 heterocycles. The lowest BCUT2D eigenvalue weighted by molar-refractivity contribution is 0.378. The first-order valence-electron chi connectivity index (χ1n) is 8.01. The monoisotopic (exact) mass is 284 g/mol. The topological polar surface area (TPSA) is 42.7 Å². The van der Waals surface area contributed by atoms with Crippen molar-refractivity contribution in [2.45, 2.75) is 45.7 Å². The molecular weight excluding hydrogens is 260 g/mol. The minimum atomic E-state index is 0.443. The standard InChI is InChI=1S/C17H24N4/c1-3-9-21-16(19-12-20-21)11-14-10-13-7-5-6-8-15(13)17(14)18-4-2/h5-8,12,14,17-18H,3-4,9-11H2,1-2H3. The summed E-state index contributed by atoms with van der Waals surface area (Å²) in [6, 6.07) is 9.25. The van der Waals surface area contributed by atoms with E-state index in [0.717, 1.165) is 38.2 Å². The Kier molecular flexibility index (Phi) is 4.34. The zero-order valence-electron chi connectivity index (χ0n) is 12.9. The second-order valence-corrected chi connectivity index (χ2v) is 5.80. The second kappa shape index (κ2) is 6.39. The summed E-state index contributed by atoms with van der Waals surface area (Å²) >= 11 is 0. The highest BCUT2D eigenvalue weighted by Gasteiger charge is 2.32. The molecule has 1 aromatic carbocycles. The SMILES string of the molecule is CCCn1ncnc1CC1Cc2ccccc2C1NCC. The Morgan fingerprint density at radius 1 is 1.29 bits per heavy atom. The van der Waals surface area contributed by atoms with Crippen molar-refractivity contribution in [2.75, 3.05) is 6.54 Å². The van der Waals surface area contributed by atoms with E-state index in [1.165, 1.54) is 11.1 Å². The fourth-order valence-corrected chi connectivity index (χ4v) is 3.44. The van der Waals surface area contributed by atoms with E-state index >= 15 is 0 Å². The predicted octanol–water partition coefficient (Wildman–Crippen LogP) is 2.75. The first kappa shape index (κ1) is 14.3. The fourth-order valence-electron chi connectivity index (χ4n) is 3.44. The maximum atomic E-state index is 4.48. The predicted molar refractivity (Wildman–Crippen MR) is 84.1 cm³/mol. The Balaban J connectivity index is 1.80. The Morgan fingerprint density at radius 2 is 2.14 bits per heavy atom. The summed E-state index contributed by atoms with van der Waals surface area (Å²) in [6.07, 6.45) is 4.91. The van der Waals surface area contributed by atoms with Gasteiger partial charge in [0, 0.05) is 19.0 Å². The highest BCUT2D eigenvalue weighted by atomic mass is 15.3. The van der Waals surface area contributed by atoms with Gasteiger partial charge in [-0.2, -0.15) is 5.10 Å². The van der Waals surface area contributed by atoms with Gasteiger partial charge in [0.25, 0.3) is 0 Å². The van der Waals surface area contributed by atoms with Crippen molar-refractivity contribution < 1.29 is 0 Å².